The van der Waals surface area contributed by atoms with Crippen LogP contribution in [0.1, 0.15) is 15.9 Å². The minimum absolute atomic E-state index is 0.202. The molecule has 0 aromatic heterocycles. The van der Waals surface area contributed by atoms with Crippen LogP contribution in [0, 0.1) is 0 Å². The Balaban J connectivity index is 2.12. The van der Waals surface area contributed by atoms with Gasteiger partial charge in [0.25, 0.3) is 0 Å². The summed E-state index contributed by atoms with van der Waals surface area (Å²) in [5.41, 5.74) is 1.21. The average molecular weight is 447 g/mol. The van der Waals surface area contributed by atoms with Crippen molar-refractivity contribution in [3.8, 4) is 17.2 Å². The number of benzene rings is 2. The van der Waals surface area contributed by atoms with Crippen LogP contribution in [-0.2, 0) is 4.79 Å². The zero-order chi connectivity index (χ0) is 20.5. The fourth-order valence-electron chi connectivity index (χ4n) is 2.25. The molecule has 0 atom stereocenters. The highest BCUT2D eigenvalue weighted by Gasteiger charge is 2.11. The van der Waals surface area contributed by atoms with Crippen LogP contribution in [0.25, 0.3) is 6.08 Å². The van der Waals surface area contributed by atoms with E-state index in [4.69, 9.17) is 19.3 Å². The smallest absolute Gasteiger partial charge is 0.341 e. The second-order valence-corrected chi connectivity index (χ2v) is 6.39. The van der Waals surface area contributed by atoms with Gasteiger partial charge in [-0.3, -0.25) is 4.79 Å². The lowest BCUT2D eigenvalue weighted by Crippen LogP contribution is -2.09. The fourth-order valence-corrected chi connectivity index (χ4v) is 2.82. The van der Waals surface area contributed by atoms with E-state index in [2.05, 4.69) is 22.5 Å². The first kappa shape index (κ1) is 21.2. The van der Waals surface area contributed by atoms with Crippen LogP contribution in [0.15, 0.2) is 59.6 Å². The van der Waals surface area contributed by atoms with Crippen LogP contribution in [0.4, 0.5) is 0 Å². The van der Waals surface area contributed by atoms with Crippen molar-refractivity contribution in [2.45, 2.75) is 0 Å². The molecule has 146 valence electrons. The number of carboxylic acid groups (broad SMARTS) is 1. The van der Waals surface area contributed by atoms with Gasteiger partial charge in [0, 0.05) is 5.56 Å². The monoisotopic (exact) mass is 446 g/mol. The maximum Gasteiger partial charge on any atom is 0.341 e. The minimum atomic E-state index is -1.06. The molecule has 2 aromatic carbocycles. The van der Waals surface area contributed by atoms with E-state index >= 15 is 0 Å². The Labute approximate surface area is 171 Å². The molecule has 2 rings (SSSR count). The number of carbonyl (C=O) groups is 2. The van der Waals surface area contributed by atoms with Crippen molar-refractivity contribution in [3.63, 3.8) is 0 Å². The molecule has 0 saturated carbocycles. The molecule has 6 nitrogen and oxygen atoms in total. The number of halogens is 1. The molecule has 0 amide bonds. The summed E-state index contributed by atoms with van der Waals surface area (Å²) in [6.45, 7) is 3.52. The molecule has 28 heavy (non-hydrogen) atoms. The first-order valence-corrected chi connectivity index (χ1v) is 9.02. The van der Waals surface area contributed by atoms with Crippen molar-refractivity contribution in [1.82, 2.24) is 0 Å². The van der Waals surface area contributed by atoms with E-state index in [0.29, 0.717) is 33.9 Å². The minimum Gasteiger partial charge on any atom is -0.493 e. The van der Waals surface area contributed by atoms with E-state index in [-0.39, 0.29) is 5.78 Å². The van der Waals surface area contributed by atoms with Crippen LogP contribution >= 0.6 is 15.9 Å². The number of carboxylic acids is 1. The molecule has 0 unspecified atom stereocenters. The highest BCUT2D eigenvalue weighted by Crippen LogP contribution is 2.37. The van der Waals surface area contributed by atoms with Crippen molar-refractivity contribution in [3.05, 3.63) is 70.7 Å². The van der Waals surface area contributed by atoms with Gasteiger partial charge >= 0.3 is 5.97 Å². The third-order valence-corrected chi connectivity index (χ3v) is 4.11. The number of rotatable bonds is 10. The molecule has 1 N–H and O–H groups in total. The summed E-state index contributed by atoms with van der Waals surface area (Å²) >= 11 is 3.44. The number of allylic oxidation sites excluding steroid dienone is 1. The van der Waals surface area contributed by atoms with Gasteiger partial charge in [0.1, 0.15) is 12.4 Å². The average Bonchev–Trinajstić information content (AvgIpc) is 2.69. The summed E-state index contributed by atoms with van der Waals surface area (Å²) in [5.74, 6) is 0.204. The number of aliphatic carboxylic acids is 1. The summed E-state index contributed by atoms with van der Waals surface area (Å²) < 4.78 is 16.7. The largest absolute Gasteiger partial charge is 0.493 e. The van der Waals surface area contributed by atoms with E-state index in [1.54, 1.807) is 42.5 Å². The lowest BCUT2D eigenvalue weighted by molar-refractivity contribution is -0.139. The quantitative estimate of drug-likeness (QED) is 0.331. The Morgan fingerprint density at radius 3 is 2.50 bits per heavy atom. The molecule has 2 aromatic rings. The Hall–Kier alpha value is -3.06. The summed E-state index contributed by atoms with van der Waals surface area (Å²) in [6, 6.07) is 9.83. The molecular weight excluding hydrogens is 428 g/mol. The van der Waals surface area contributed by atoms with Gasteiger partial charge in [-0.25, -0.2) is 4.79 Å². The lowest BCUT2D eigenvalue weighted by Gasteiger charge is -2.12. The molecule has 0 radical (unpaired) electrons. The SMILES string of the molecule is C=CCOc1c(Br)cc(/C=C/C(=O)c2ccc(OCC(=O)O)cc2)cc1OC. The van der Waals surface area contributed by atoms with Crippen LogP contribution < -0.4 is 14.2 Å². The Kier molecular flexibility index (Phi) is 7.83. The molecule has 0 aliphatic rings. The second kappa shape index (κ2) is 10.3. The highest BCUT2D eigenvalue weighted by molar-refractivity contribution is 9.10. The van der Waals surface area contributed by atoms with Crippen molar-refractivity contribution in [1.29, 1.82) is 0 Å². The number of carbonyl (C=O) groups excluding carboxylic acids is 1. The molecule has 0 fully saturated rings. The van der Waals surface area contributed by atoms with Crippen LogP contribution in [0.3, 0.4) is 0 Å². The maximum atomic E-state index is 12.3. The summed E-state index contributed by atoms with van der Waals surface area (Å²) in [4.78, 5) is 22.8. The van der Waals surface area contributed by atoms with Gasteiger partial charge in [-0.2, -0.15) is 0 Å². The van der Waals surface area contributed by atoms with Gasteiger partial charge in [0.15, 0.2) is 23.9 Å². The zero-order valence-corrected chi connectivity index (χ0v) is 16.8. The molecule has 0 saturated heterocycles. The zero-order valence-electron chi connectivity index (χ0n) is 15.2. The first-order valence-electron chi connectivity index (χ1n) is 8.23. The number of ketones is 1. The summed E-state index contributed by atoms with van der Waals surface area (Å²) in [7, 11) is 1.54. The van der Waals surface area contributed by atoms with E-state index in [9.17, 15) is 9.59 Å². The van der Waals surface area contributed by atoms with Crippen molar-refractivity contribution in [2.24, 2.45) is 0 Å². The highest BCUT2D eigenvalue weighted by atomic mass is 79.9. The van der Waals surface area contributed by atoms with Crippen molar-refractivity contribution >= 4 is 33.8 Å². The Morgan fingerprint density at radius 1 is 1.18 bits per heavy atom. The predicted octanol–water partition coefficient (Wildman–Crippen LogP) is 4.38. The number of hydrogen-bond donors (Lipinski definition) is 1. The van der Waals surface area contributed by atoms with Gasteiger partial charge in [0.05, 0.1) is 11.6 Å². The standard InChI is InChI=1S/C21H19BrO6/c1-3-10-27-21-17(22)11-14(12-19(21)26-2)4-9-18(23)15-5-7-16(8-6-15)28-13-20(24)25/h3-9,11-12H,1,10,13H2,2H3,(H,24,25)/b9-4+. The topological polar surface area (TPSA) is 82.1 Å². The van der Waals surface area contributed by atoms with Gasteiger partial charge < -0.3 is 19.3 Å². The second-order valence-electron chi connectivity index (χ2n) is 5.54. The van der Waals surface area contributed by atoms with Gasteiger partial charge in [-0.05, 0) is 64.0 Å². The number of hydrogen-bond acceptors (Lipinski definition) is 5. The van der Waals surface area contributed by atoms with Crippen LogP contribution in [0.2, 0.25) is 0 Å². The van der Waals surface area contributed by atoms with E-state index in [0.717, 1.165) is 5.56 Å². The third-order valence-electron chi connectivity index (χ3n) is 3.53. The van der Waals surface area contributed by atoms with Gasteiger partial charge in [-0.15, -0.1) is 0 Å². The molecule has 0 aliphatic carbocycles. The third kappa shape index (κ3) is 5.99. The lowest BCUT2D eigenvalue weighted by atomic mass is 10.1. The van der Waals surface area contributed by atoms with Crippen LogP contribution in [-0.4, -0.2) is 37.2 Å². The predicted molar refractivity (Wildman–Crippen MR) is 109 cm³/mol. The molecule has 0 spiro atoms. The summed E-state index contributed by atoms with van der Waals surface area (Å²) in [5, 5.41) is 8.60. The van der Waals surface area contributed by atoms with E-state index in [1.165, 1.54) is 13.2 Å². The number of ether oxygens (including phenoxy) is 3. The van der Waals surface area contributed by atoms with Gasteiger partial charge in [-0.1, -0.05) is 18.7 Å². The molecule has 0 aliphatic heterocycles. The Bertz CT molecular complexity index is 887. The van der Waals surface area contributed by atoms with E-state index < -0.39 is 12.6 Å². The normalized spacial score (nSPS) is 10.5. The molecule has 0 heterocycles. The first-order chi connectivity index (χ1) is 13.4. The van der Waals surface area contributed by atoms with Gasteiger partial charge in [0.2, 0.25) is 0 Å². The van der Waals surface area contributed by atoms with E-state index in [1.807, 2.05) is 6.07 Å². The fraction of sp³-hybridized carbons (Fsp3) is 0.143. The maximum absolute atomic E-state index is 12.3. The Morgan fingerprint density at radius 2 is 1.89 bits per heavy atom. The van der Waals surface area contributed by atoms with Crippen molar-refractivity contribution < 1.29 is 28.9 Å². The van der Waals surface area contributed by atoms with Crippen LogP contribution in [0.5, 0.6) is 17.2 Å². The molecule has 7 heteroatoms. The molecule has 0 bridgehead atoms. The summed E-state index contributed by atoms with van der Waals surface area (Å²) in [6.07, 6.45) is 4.75. The van der Waals surface area contributed by atoms with Crippen molar-refractivity contribution in [2.75, 3.05) is 20.3 Å². The molecular formula is C21H19BrO6. The number of methoxy groups -OCH3 is 1.